The number of amides is 1. The second kappa shape index (κ2) is 5.77. The molecule has 94 valence electrons. The maximum absolute atomic E-state index is 11.7. The maximum atomic E-state index is 11.7. The molecule has 0 aliphatic heterocycles. The van der Waals surface area contributed by atoms with Gasteiger partial charge in [0.2, 0.25) is 5.91 Å². The molecular formula is C13H21N3O. The van der Waals surface area contributed by atoms with Gasteiger partial charge < -0.3 is 10.6 Å². The number of nitrogens with one attached hydrogen (secondary N) is 2. The van der Waals surface area contributed by atoms with Crippen molar-refractivity contribution in [1.82, 2.24) is 10.3 Å². The summed E-state index contributed by atoms with van der Waals surface area (Å²) < 4.78 is 0. The zero-order chi connectivity index (χ0) is 12.9. The normalized spacial score (nSPS) is 11.3. The average molecular weight is 235 g/mol. The van der Waals surface area contributed by atoms with Crippen molar-refractivity contribution in [3.05, 3.63) is 24.0 Å². The van der Waals surface area contributed by atoms with Gasteiger partial charge in [-0.1, -0.05) is 0 Å². The van der Waals surface area contributed by atoms with E-state index in [9.17, 15) is 4.79 Å². The molecule has 2 N–H and O–H groups in total. The van der Waals surface area contributed by atoms with Crippen LogP contribution in [-0.2, 0) is 4.79 Å². The van der Waals surface area contributed by atoms with Gasteiger partial charge in [-0.25, -0.2) is 0 Å². The lowest BCUT2D eigenvalue weighted by atomic mass is 10.1. The van der Waals surface area contributed by atoms with Crippen LogP contribution < -0.4 is 10.6 Å². The molecule has 1 heterocycles. The molecule has 0 aliphatic rings. The molecule has 0 aliphatic carbocycles. The van der Waals surface area contributed by atoms with Gasteiger partial charge in [0.15, 0.2) is 0 Å². The molecule has 0 unspecified atom stereocenters. The minimum atomic E-state index is 0.0119. The minimum Gasteiger partial charge on any atom is -0.324 e. The third-order valence-electron chi connectivity index (χ3n) is 2.32. The van der Waals surface area contributed by atoms with Crippen LogP contribution >= 0.6 is 0 Å². The Morgan fingerprint density at radius 2 is 2.12 bits per heavy atom. The number of hydrogen-bond donors (Lipinski definition) is 2. The third kappa shape index (κ3) is 5.45. The quantitative estimate of drug-likeness (QED) is 0.840. The van der Waals surface area contributed by atoms with Crippen LogP contribution in [0, 0.1) is 6.92 Å². The Hall–Kier alpha value is -1.42. The molecule has 4 nitrogen and oxygen atoms in total. The van der Waals surface area contributed by atoms with Crippen LogP contribution in [0.25, 0.3) is 0 Å². The number of aromatic nitrogens is 1. The molecule has 1 rings (SSSR count). The third-order valence-corrected chi connectivity index (χ3v) is 2.32. The Balaban J connectivity index is 2.38. The fraction of sp³-hybridized carbons (Fsp3) is 0.538. The highest BCUT2D eigenvalue weighted by Crippen LogP contribution is 2.11. The lowest BCUT2D eigenvalue weighted by Crippen LogP contribution is -2.37. The smallest absolute Gasteiger partial charge is 0.225 e. The van der Waals surface area contributed by atoms with E-state index in [0.29, 0.717) is 13.0 Å². The predicted octanol–water partition coefficient (Wildman–Crippen LogP) is 2.11. The van der Waals surface area contributed by atoms with E-state index >= 15 is 0 Å². The zero-order valence-electron chi connectivity index (χ0n) is 11.0. The Morgan fingerprint density at radius 1 is 1.41 bits per heavy atom. The number of hydrogen-bond acceptors (Lipinski definition) is 3. The van der Waals surface area contributed by atoms with Gasteiger partial charge >= 0.3 is 0 Å². The van der Waals surface area contributed by atoms with Crippen LogP contribution in [0.4, 0.5) is 5.69 Å². The Kier molecular flexibility index (Phi) is 4.63. The first-order chi connectivity index (χ1) is 7.88. The lowest BCUT2D eigenvalue weighted by molar-refractivity contribution is -0.116. The van der Waals surface area contributed by atoms with E-state index < -0.39 is 0 Å². The summed E-state index contributed by atoms with van der Waals surface area (Å²) in [5.41, 5.74) is 1.86. The number of anilines is 1. The molecule has 1 aromatic rings. The van der Waals surface area contributed by atoms with Gasteiger partial charge in [-0.3, -0.25) is 9.78 Å². The van der Waals surface area contributed by atoms with Gasteiger partial charge in [0.05, 0.1) is 11.9 Å². The Labute approximate surface area is 103 Å². The number of pyridine rings is 1. The highest BCUT2D eigenvalue weighted by molar-refractivity contribution is 5.91. The summed E-state index contributed by atoms with van der Waals surface area (Å²) >= 11 is 0. The van der Waals surface area contributed by atoms with Crippen LogP contribution in [0.5, 0.6) is 0 Å². The van der Waals surface area contributed by atoms with E-state index in [-0.39, 0.29) is 11.4 Å². The van der Waals surface area contributed by atoms with Crippen molar-refractivity contribution < 1.29 is 4.79 Å². The van der Waals surface area contributed by atoms with Gasteiger partial charge in [-0.05, 0) is 39.3 Å². The summed E-state index contributed by atoms with van der Waals surface area (Å²) in [7, 11) is 0. The largest absolute Gasteiger partial charge is 0.324 e. The van der Waals surface area contributed by atoms with Crippen molar-refractivity contribution in [2.45, 2.75) is 39.7 Å². The van der Waals surface area contributed by atoms with Crippen molar-refractivity contribution in [2.24, 2.45) is 0 Å². The van der Waals surface area contributed by atoms with Gasteiger partial charge in [0, 0.05) is 24.7 Å². The fourth-order valence-corrected chi connectivity index (χ4v) is 1.36. The van der Waals surface area contributed by atoms with E-state index in [1.54, 1.807) is 12.4 Å². The SMILES string of the molecule is Cc1ccncc1NC(=O)CCNC(C)(C)C. The molecule has 0 radical (unpaired) electrons. The molecule has 0 saturated carbocycles. The van der Waals surface area contributed by atoms with Crippen LogP contribution in [0.3, 0.4) is 0 Å². The molecule has 0 spiro atoms. The summed E-state index contributed by atoms with van der Waals surface area (Å²) in [6, 6.07) is 1.88. The van der Waals surface area contributed by atoms with Crippen LogP contribution in [0.2, 0.25) is 0 Å². The second-order valence-corrected chi connectivity index (χ2v) is 5.17. The van der Waals surface area contributed by atoms with E-state index in [1.165, 1.54) is 0 Å². The van der Waals surface area contributed by atoms with E-state index in [0.717, 1.165) is 11.3 Å². The number of nitrogens with zero attached hydrogens (tertiary/aromatic N) is 1. The number of aryl methyl sites for hydroxylation is 1. The van der Waals surface area contributed by atoms with E-state index in [2.05, 4.69) is 36.4 Å². The molecule has 0 saturated heterocycles. The van der Waals surface area contributed by atoms with Crippen LogP contribution in [0.15, 0.2) is 18.5 Å². The molecule has 1 aromatic heterocycles. The fourth-order valence-electron chi connectivity index (χ4n) is 1.36. The molecule has 0 bridgehead atoms. The maximum Gasteiger partial charge on any atom is 0.225 e. The standard InChI is InChI=1S/C13H21N3O/c1-10-5-7-14-9-11(10)16-12(17)6-8-15-13(2,3)4/h5,7,9,15H,6,8H2,1-4H3,(H,16,17). The van der Waals surface area contributed by atoms with Crippen molar-refractivity contribution in [1.29, 1.82) is 0 Å². The Bertz CT molecular complexity index is 382. The van der Waals surface area contributed by atoms with Gasteiger partial charge in [-0.15, -0.1) is 0 Å². The monoisotopic (exact) mass is 235 g/mol. The first-order valence-electron chi connectivity index (χ1n) is 5.84. The van der Waals surface area contributed by atoms with Crippen molar-refractivity contribution in [3.8, 4) is 0 Å². The summed E-state index contributed by atoms with van der Waals surface area (Å²) in [5.74, 6) is 0.0119. The van der Waals surface area contributed by atoms with Crippen molar-refractivity contribution >= 4 is 11.6 Å². The summed E-state index contributed by atoms with van der Waals surface area (Å²) in [6.07, 6.45) is 3.85. The minimum absolute atomic E-state index is 0.0119. The van der Waals surface area contributed by atoms with Gasteiger partial charge in [0.25, 0.3) is 0 Å². The lowest BCUT2D eigenvalue weighted by Gasteiger charge is -2.20. The summed E-state index contributed by atoms with van der Waals surface area (Å²) in [6.45, 7) is 8.86. The van der Waals surface area contributed by atoms with E-state index in [4.69, 9.17) is 0 Å². The summed E-state index contributed by atoms with van der Waals surface area (Å²) in [5, 5.41) is 6.13. The van der Waals surface area contributed by atoms with Crippen molar-refractivity contribution in [3.63, 3.8) is 0 Å². The zero-order valence-corrected chi connectivity index (χ0v) is 11.0. The Morgan fingerprint density at radius 3 is 2.71 bits per heavy atom. The van der Waals surface area contributed by atoms with Crippen LogP contribution in [0.1, 0.15) is 32.8 Å². The predicted molar refractivity (Wildman–Crippen MR) is 70.0 cm³/mol. The van der Waals surface area contributed by atoms with Gasteiger partial charge in [-0.2, -0.15) is 0 Å². The number of carbonyl (C=O) groups excluding carboxylic acids is 1. The van der Waals surface area contributed by atoms with Gasteiger partial charge in [0.1, 0.15) is 0 Å². The molecule has 17 heavy (non-hydrogen) atoms. The first kappa shape index (κ1) is 13.6. The number of rotatable bonds is 4. The van der Waals surface area contributed by atoms with E-state index in [1.807, 2.05) is 13.0 Å². The van der Waals surface area contributed by atoms with Crippen LogP contribution in [-0.4, -0.2) is 23.0 Å². The highest BCUT2D eigenvalue weighted by atomic mass is 16.1. The average Bonchev–Trinajstić information content (AvgIpc) is 2.19. The molecule has 0 aromatic carbocycles. The number of carbonyl (C=O) groups is 1. The molecular weight excluding hydrogens is 214 g/mol. The second-order valence-electron chi connectivity index (χ2n) is 5.17. The highest BCUT2D eigenvalue weighted by Gasteiger charge is 2.10. The molecule has 0 fully saturated rings. The topological polar surface area (TPSA) is 54.0 Å². The molecule has 0 atom stereocenters. The first-order valence-corrected chi connectivity index (χ1v) is 5.84. The molecule has 4 heteroatoms. The molecule has 1 amide bonds. The van der Waals surface area contributed by atoms with Crippen molar-refractivity contribution in [2.75, 3.05) is 11.9 Å². The summed E-state index contributed by atoms with van der Waals surface area (Å²) in [4.78, 5) is 15.7.